The number of hydrogen-bond acceptors (Lipinski definition) is 1. The Morgan fingerprint density at radius 2 is 1.78 bits per heavy atom. The predicted molar refractivity (Wildman–Crippen MR) is 185 cm³/mol. The lowest BCUT2D eigenvalue weighted by Gasteiger charge is -2.58. The first-order valence-corrected chi connectivity index (χ1v) is 18.4. The lowest BCUT2D eigenvalue weighted by molar-refractivity contribution is -0.682. The van der Waals surface area contributed by atoms with E-state index in [0.29, 0.717) is 23.4 Å². The number of aromatic nitrogens is 2. The molecule has 2 aromatic carbocycles. The lowest BCUT2D eigenvalue weighted by Crippen LogP contribution is -2.50. The number of carbonyl (C=O) groups is 1. The van der Waals surface area contributed by atoms with Crippen LogP contribution in [0.15, 0.2) is 72.8 Å². The third-order valence-corrected chi connectivity index (χ3v) is 13.8. The number of allylic oxidation sites excluding steroid dienone is 2. The van der Waals surface area contributed by atoms with Gasteiger partial charge in [0.25, 0.3) is 0 Å². The van der Waals surface area contributed by atoms with Crippen LogP contribution in [0.3, 0.4) is 0 Å². The van der Waals surface area contributed by atoms with Gasteiger partial charge in [0.1, 0.15) is 18.4 Å². The van der Waals surface area contributed by atoms with Gasteiger partial charge in [-0.05, 0) is 108 Å². The molecule has 7 rings (SSSR count). The Hall–Kier alpha value is -2.68. The molecule has 0 amide bonds. The average Bonchev–Trinajstić information content (AvgIpc) is 3.64. The van der Waals surface area contributed by atoms with Gasteiger partial charge in [-0.2, -0.15) is 0 Å². The first-order valence-electron chi connectivity index (χ1n) is 18.4. The Balaban J connectivity index is 1.01. The highest BCUT2D eigenvalue weighted by atomic mass is 16.1. The molecule has 4 aliphatic rings. The van der Waals surface area contributed by atoms with Crippen LogP contribution >= 0.6 is 0 Å². The van der Waals surface area contributed by atoms with Crippen molar-refractivity contribution in [3.63, 3.8) is 0 Å². The third-order valence-electron chi connectivity index (χ3n) is 13.8. The van der Waals surface area contributed by atoms with Crippen molar-refractivity contribution in [1.82, 2.24) is 4.57 Å². The molecule has 3 saturated carbocycles. The number of carbonyl (C=O) groups excluding carboxylic acids is 1. The molecule has 0 aliphatic heterocycles. The second-order valence-electron chi connectivity index (χ2n) is 16.7. The van der Waals surface area contributed by atoms with Crippen LogP contribution in [-0.4, -0.2) is 10.4 Å². The van der Waals surface area contributed by atoms with Crippen LogP contribution in [0.1, 0.15) is 122 Å². The molecule has 0 spiro atoms. The fourth-order valence-corrected chi connectivity index (χ4v) is 11.3. The molecule has 0 unspecified atom stereocenters. The van der Waals surface area contributed by atoms with Crippen molar-refractivity contribution in [2.24, 2.45) is 46.3 Å². The summed E-state index contributed by atoms with van der Waals surface area (Å²) in [5.41, 5.74) is 3.46. The first kappa shape index (κ1) is 30.9. The highest BCUT2D eigenvalue weighted by Crippen LogP contribution is 2.67. The zero-order valence-corrected chi connectivity index (χ0v) is 28.7. The summed E-state index contributed by atoms with van der Waals surface area (Å²) in [5.74, 6) is 5.48. The molecule has 3 fully saturated rings. The van der Waals surface area contributed by atoms with Gasteiger partial charge in [-0.1, -0.05) is 102 Å². The predicted octanol–water partition coefficient (Wildman–Crippen LogP) is 10.4. The number of imidazole rings is 1. The van der Waals surface area contributed by atoms with E-state index in [2.05, 4.69) is 86.7 Å². The van der Waals surface area contributed by atoms with Gasteiger partial charge < -0.3 is 0 Å². The fraction of sp³-hybridized carbons (Fsp3) is 0.619. The van der Waals surface area contributed by atoms with Gasteiger partial charge >= 0.3 is 0 Å². The van der Waals surface area contributed by atoms with Crippen molar-refractivity contribution in [2.75, 3.05) is 0 Å². The molecule has 4 aliphatic carbocycles. The summed E-state index contributed by atoms with van der Waals surface area (Å²) in [5, 5.41) is 2.30. The molecular weight excluding hydrogens is 548 g/mol. The Morgan fingerprint density at radius 1 is 0.956 bits per heavy atom. The first-order chi connectivity index (χ1) is 21.7. The monoisotopic (exact) mass is 605 g/mol. The summed E-state index contributed by atoms with van der Waals surface area (Å²) >= 11 is 0. The van der Waals surface area contributed by atoms with Crippen LogP contribution in [0.4, 0.5) is 0 Å². The summed E-state index contributed by atoms with van der Waals surface area (Å²) < 4.78 is 4.49. The SMILES string of the molecule is CC(C)CCC[C@@H](C)[C@H]1CC[C@H]2[C@@H]3CC=C4C[C@H](n5cc[n+](CC(=O)c6ccc7ccccc7c6)c5)CC[C@]4(C)[C@H]3CC[C@]12C. The van der Waals surface area contributed by atoms with Crippen molar-refractivity contribution in [1.29, 1.82) is 0 Å². The van der Waals surface area contributed by atoms with Gasteiger partial charge in [-0.3, -0.25) is 4.79 Å². The van der Waals surface area contributed by atoms with E-state index in [4.69, 9.17) is 0 Å². The maximum atomic E-state index is 13.2. The second-order valence-corrected chi connectivity index (χ2v) is 16.7. The number of ketones is 1. The molecule has 3 nitrogen and oxygen atoms in total. The third kappa shape index (κ3) is 5.65. The molecule has 8 atom stereocenters. The van der Waals surface area contributed by atoms with Crippen LogP contribution in [0, 0.1) is 46.3 Å². The maximum absolute atomic E-state index is 13.2. The topological polar surface area (TPSA) is 25.9 Å². The van der Waals surface area contributed by atoms with Gasteiger partial charge in [-0.15, -0.1) is 0 Å². The highest BCUT2D eigenvalue weighted by Gasteiger charge is 2.59. The summed E-state index contributed by atoms with van der Waals surface area (Å²) in [6, 6.07) is 14.8. The van der Waals surface area contributed by atoms with Gasteiger partial charge in [-0.25, -0.2) is 9.13 Å². The maximum Gasteiger partial charge on any atom is 0.244 e. The van der Waals surface area contributed by atoms with Crippen molar-refractivity contribution in [2.45, 2.75) is 118 Å². The number of fused-ring (bicyclic) bond motifs is 6. The molecular formula is C42H57N2O+. The van der Waals surface area contributed by atoms with E-state index < -0.39 is 0 Å². The minimum Gasteiger partial charge on any atom is -0.290 e. The molecule has 1 heterocycles. The zero-order valence-electron chi connectivity index (χ0n) is 28.7. The van der Waals surface area contributed by atoms with E-state index in [-0.39, 0.29) is 5.78 Å². The molecule has 1 aromatic heterocycles. The van der Waals surface area contributed by atoms with Crippen LogP contribution < -0.4 is 4.57 Å². The van der Waals surface area contributed by atoms with Crippen molar-refractivity contribution in [3.8, 4) is 0 Å². The largest absolute Gasteiger partial charge is 0.290 e. The summed E-state index contributed by atoms with van der Waals surface area (Å²) in [6.45, 7) is 13.1. The van der Waals surface area contributed by atoms with Crippen LogP contribution in [0.25, 0.3) is 10.8 Å². The molecule has 3 aromatic rings. The van der Waals surface area contributed by atoms with E-state index >= 15 is 0 Å². The minimum atomic E-state index is 0.171. The molecule has 0 N–H and O–H groups in total. The Labute approximate surface area is 272 Å². The molecule has 0 radical (unpaired) electrons. The van der Waals surface area contributed by atoms with Gasteiger partial charge in [0.15, 0.2) is 6.54 Å². The minimum absolute atomic E-state index is 0.171. The van der Waals surface area contributed by atoms with E-state index in [1.807, 2.05) is 24.3 Å². The van der Waals surface area contributed by atoms with Crippen molar-refractivity contribution < 1.29 is 9.36 Å². The Bertz CT molecular complexity index is 1560. The number of hydrogen-bond donors (Lipinski definition) is 0. The fourth-order valence-electron chi connectivity index (χ4n) is 11.3. The van der Waals surface area contributed by atoms with Crippen LogP contribution in [-0.2, 0) is 6.54 Å². The van der Waals surface area contributed by atoms with Crippen molar-refractivity contribution in [3.05, 3.63) is 78.4 Å². The summed E-state index contributed by atoms with van der Waals surface area (Å²) in [6.07, 6.45) is 24.3. The molecule has 0 saturated heterocycles. The second kappa shape index (κ2) is 12.2. The van der Waals surface area contributed by atoms with Gasteiger partial charge in [0.05, 0.1) is 0 Å². The van der Waals surface area contributed by atoms with E-state index in [9.17, 15) is 4.79 Å². The molecule has 0 bridgehead atoms. The Kier molecular flexibility index (Phi) is 8.36. The van der Waals surface area contributed by atoms with Crippen LogP contribution in [0.2, 0.25) is 0 Å². The van der Waals surface area contributed by atoms with Gasteiger partial charge in [0.2, 0.25) is 12.1 Å². The standard InChI is InChI=1S/C42H57N2O/c1-29(2)9-8-10-30(3)37-17-18-38-36-16-15-34-26-35(19-21-41(34,4)39(36)20-22-42(37,38)5)44-24-23-43(28-44)27-40(45)33-14-13-31-11-6-7-12-32(31)25-33/h6-7,11-15,23-25,28-30,35-39H,8-10,16-22,26-27H2,1-5H3/q+1/t30-,35-,36+,37-,38+,39+,41+,42-/m1/s1. The normalized spacial score (nSPS) is 33.4. The summed E-state index contributed by atoms with van der Waals surface area (Å²) in [7, 11) is 0. The zero-order chi connectivity index (χ0) is 31.3. The van der Waals surface area contributed by atoms with E-state index in [1.165, 1.54) is 76.0 Å². The number of rotatable bonds is 9. The number of benzene rings is 2. The van der Waals surface area contributed by atoms with Crippen molar-refractivity contribution >= 4 is 16.6 Å². The van der Waals surface area contributed by atoms with E-state index in [1.54, 1.807) is 5.57 Å². The average molecular weight is 606 g/mol. The smallest absolute Gasteiger partial charge is 0.244 e. The number of nitrogens with zero attached hydrogens (tertiary/aromatic N) is 2. The van der Waals surface area contributed by atoms with Gasteiger partial charge in [0, 0.05) is 12.0 Å². The Morgan fingerprint density at radius 3 is 2.60 bits per heavy atom. The molecule has 3 heteroatoms. The lowest BCUT2D eigenvalue weighted by atomic mass is 9.47. The summed E-state index contributed by atoms with van der Waals surface area (Å²) in [4.78, 5) is 13.2. The molecule has 45 heavy (non-hydrogen) atoms. The molecule has 240 valence electrons. The van der Waals surface area contributed by atoms with Crippen LogP contribution in [0.5, 0.6) is 0 Å². The highest BCUT2D eigenvalue weighted by molar-refractivity contribution is 5.99. The number of Topliss-reactive ketones (excluding diaryl/α,β-unsaturated/α-hetero) is 1. The van der Waals surface area contributed by atoms with E-state index in [0.717, 1.165) is 46.5 Å². The quantitative estimate of drug-likeness (QED) is 0.135.